The van der Waals surface area contributed by atoms with E-state index in [1.54, 1.807) is 0 Å². The first kappa shape index (κ1) is 10.3. The first-order valence-electron chi connectivity index (χ1n) is 4.66. The minimum absolute atomic E-state index is 0.0739. The molecule has 80 valence electrons. The Bertz CT molecular complexity index is 369. The van der Waals surface area contributed by atoms with Crippen LogP contribution in [0.4, 0.5) is 0 Å². The largest absolute Gasteiger partial charge is 0.382 e. The number of ketones is 1. The molecule has 0 aromatic carbocycles. The van der Waals surface area contributed by atoms with Gasteiger partial charge in [0.2, 0.25) is 0 Å². The van der Waals surface area contributed by atoms with Gasteiger partial charge in [0.05, 0.1) is 12.5 Å². The summed E-state index contributed by atoms with van der Waals surface area (Å²) in [4.78, 5) is 11.6. The van der Waals surface area contributed by atoms with Gasteiger partial charge in [0.1, 0.15) is 5.60 Å². The smallest absolute Gasteiger partial charge is 0.178 e. The van der Waals surface area contributed by atoms with Crippen LogP contribution in [0.5, 0.6) is 0 Å². The van der Waals surface area contributed by atoms with Crippen molar-refractivity contribution in [3.8, 4) is 0 Å². The van der Waals surface area contributed by atoms with E-state index in [4.69, 9.17) is 4.74 Å². The van der Waals surface area contributed by atoms with Crippen molar-refractivity contribution in [3.63, 3.8) is 0 Å². The monoisotopic (exact) mass is 208 g/mol. The molecule has 0 amide bonds. The average Bonchev–Trinajstić information content (AvgIpc) is 2.50. The molecular formula is C11H12O4. The van der Waals surface area contributed by atoms with Gasteiger partial charge in [0.15, 0.2) is 12.1 Å². The van der Waals surface area contributed by atoms with E-state index in [1.807, 2.05) is 0 Å². The normalized spacial score (nSPS) is 42.0. The number of hydrogen-bond acceptors (Lipinski definition) is 4. The molecular weight excluding hydrogens is 196 g/mol. The van der Waals surface area contributed by atoms with E-state index in [0.717, 1.165) is 0 Å². The van der Waals surface area contributed by atoms with Gasteiger partial charge >= 0.3 is 0 Å². The number of carbonyl (C=O) groups excluding carboxylic acids is 1. The molecule has 2 N–H and O–H groups in total. The summed E-state index contributed by atoms with van der Waals surface area (Å²) >= 11 is 0. The predicted octanol–water partition coefficient (Wildman–Crippen LogP) is -0.0664. The third-order valence-corrected chi connectivity index (χ3v) is 2.72. The number of carbonyl (C=O) groups is 1. The van der Waals surface area contributed by atoms with Crippen LogP contribution < -0.4 is 0 Å². The van der Waals surface area contributed by atoms with E-state index >= 15 is 0 Å². The lowest BCUT2D eigenvalue weighted by Gasteiger charge is -2.37. The fourth-order valence-electron chi connectivity index (χ4n) is 2.02. The number of rotatable bonds is 1. The zero-order valence-corrected chi connectivity index (χ0v) is 8.09. The van der Waals surface area contributed by atoms with Gasteiger partial charge in [-0.25, -0.2) is 0 Å². The van der Waals surface area contributed by atoms with Crippen molar-refractivity contribution in [1.82, 2.24) is 0 Å². The van der Waals surface area contributed by atoms with Crippen molar-refractivity contribution in [2.24, 2.45) is 5.92 Å². The summed E-state index contributed by atoms with van der Waals surface area (Å²) in [5.41, 5.74) is -0.959. The van der Waals surface area contributed by atoms with E-state index in [-0.39, 0.29) is 12.4 Å². The van der Waals surface area contributed by atoms with Crippen LogP contribution in [0.25, 0.3) is 0 Å². The van der Waals surface area contributed by atoms with Crippen molar-refractivity contribution < 1.29 is 19.7 Å². The molecule has 2 rings (SSSR count). The second kappa shape index (κ2) is 3.41. The van der Waals surface area contributed by atoms with Crippen LogP contribution in [0.15, 0.2) is 36.5 Å². The molecule has 0 aromatic heterocycles. The van der Waals surface area contributed by atoms with Crippen molar-refractivity contribution in [1.29, 1.82) is 0 Å². The van der Waals surface area contributed by atoms with Gasteiger partial charge in [0.25, 0.3) is 0 Å². The molecule has 1 aliphatic heterocycles. The van der Waals surface area contributed by atoms with Crippen LogP contribution in [0.1, 0.15) is 0 Å². The number of ether oxygens (including phenoxy) is 1. The fraction of sp³-hybridized carbons (Fsp3) is 0.364. The summed E-state index contributed by atoms with van der Waals surface area (Å²) in [7, 11) is 0. The quantitative estimate of drug-likeness (QED) is 0.633. The summed E-state index contributed by atoms with van der Waals surface area (Å²) in [6.07, 6.45) is 4.56. The third kappa shape index (κ3) is 1.47. The summed E-state index contributed by atoms with van der Waals surface area (Å²) in [5, 5.41) is 19.6. The summed E-state index contributed by atoms with van der Waals surface area (Å²) in [6, 6.07) is 0. The number of aliphatic hydroxyl groups is 2. The first-order chi connectivity index (χ1) is 7.08. The van der Waals surface area contributed by atoms with Gasteiger partial charge in [0, 0.05) is 0 Å². The topological polar surface area (TPSA) is 66.8 Å². The van der Waals surface area contributed by atoms with E-state index in [1.165, 1.54) is 24.3 Å². The maximum atomic E-state index is 11.6. The maximum absolute atomic E-state index is 11.6. The van der Waals surface area contributed by atoms with Gasteiger partial charge in [-0.3, -0.25) is 4.79 Å². The van der Waals surface area contributed by atoms with Crippen molar-refractivity contribution in [2.45, 2.75) is 11.9 Å². The summed E-state index contributed by atoms with van der Waals surface area (Å²) in [5.74, 6) is -0.952. The van der Waals surface area contributed by atoms with E-state index < -0.39 is 17.8 Å². The second-order valence-corrected chi connectivity index (χ2v) is 3.73. The van der Waals surface area contributed by atoms with Crippen LogP contribution in [0, 0.1) is 5.92 Å². The Labute approximate surface area is 87.2 Å². The molecule has 1 aliphatic carbocycles. The number of allylic oxidation sites excluding steroid dienone is 3. The minimum atomic E-state index is -1.31. The van der Waals surface area contributed by atoms with E-state index in [9.17, 15) is 15.0 Å². The van der Waals surface area contributed by atoms with Crippen LogP contribution in [-0.2, 0) is 9.53 Å². The molecule has 0 saturated carbocycles. The van der Waals surface area contributed by atoms with Crippen LogP contribution in [-0.4, -0.2) is 34.5 Å². The fourth-order valence-corrected chi connectivity index (χ4v) is 2.02. The summed E-state index contributed by atoms with van der Waals surface area (Å²) in [6.45, 7) is 3.42. The number of fused-ring (bicyclic) bond motifs is 1. The Hall–Kier alpha value is -1.23. The molecule has 1 fully saturated rings. The molecule has 0 aromatic rings. The number of aliphatic hydroxyl groups excluding tert-OH is 1. The van der Waals surface area contributed by atoms with Gasteiger partial charge in [-0.05, 0) is 17.7 Å². The standard InChI is InChI=1S/C11H12O4/c1-2-3-7-9-8(12)4-5-11(9,14)6-15-10(7)13/h2-5,9-10,13-14H,1,6H2/b7-3+/t9-,10+,11+/m1/s1. The molecule has 1 saturated heterocycles. The SMILES string of the molecule is C=C/C=C1/[C@@H](O)OC[C@@]2(O)C=CC(=O)[C@@H]12. The highest BCUT2D eigenvalue weighted by Gasteiger charge is 2.50. The Kier molecular flexibility index (Phi) is 2.34. The van der Waals surface area contributed by atoms with Gasteiger partial charge in [-0.15, -0.1) is 0 Å². The molecule has 4 heteroatoms. The molecule has 0 unspecified atom stereocenters. The highest BCUT2D eigenvalue weighted by Crippen LogP contribution is 2.38. The first-order valence-corrected chi connectivity index (χ1v) is 4.66. The Morgan fingerprint density at radius 1 is 1.67 bits per heavy atom. The van der Waals surface area contributed by atoms with Crippen molar-refractivity contribution >= 4 is 5.78 Å². The molecule has 2 aliphatic rings. The van der Waals surface area contributed by atoms with Crippen LogP contribution in [0.3, 0.4) is 0 Å². The lowest BCUT2D eigenvalue weighted by Crippen LogP contribution is -2.49. The third-order valence-electron chi connectivity index (χ3n) is 2.72. The average molecular weight is 208 g/mol. The Balaban J connectivity index is 2.42. The molecule has 0 spiro atoms. The lowest BCUT2D eigenvalue weighted by atomic mass is 9.81. The highest BCUT2D eigenvalue weighted by molar-refractivity contribution is 5.98. The van der Waals surface area contributed by atoms with Gasteiger partial charge in [-0.2, -0.15) is 0 Å². The lowest BCUT2D eigenvalue weighted by molar-refractivity contribution is -0.166. The van der Waals surface area contributed by atoms with Gasteiger partial charge < -0.3 is 14.9 Å². The molecule has 0 bridgehead atoms. The zero-order chi connectivity index (χ0) is 11.1. The summed E-state index contributed by atoms with van der Waals surface area (Å²) < 4.78 is 4.99. The Morgan fingerprint density at radius 3 is 3.07 bits per heavy atom. The van der Waals surface area contributed by atoms with E-state index in [0.29, 0.717) is 5.57 Å². The van der Waals surface area contributed by atoms with E-state index in [2.05, 4.69) is 6.58 Å². The molecule has 4 nitrogen and oxygen atoms in total. The highest BCUT2D eigenvalue weighted by atomic mass is 16.6. The van der Waals surface area contributed by atoms with Crippen molar-refractivity contribution in [2.75, 3.05) is 6.61 Å². The van der Waals surface area contributed by atoms with Crippen molar-refractivity contribution in [3.05, 3.63) is 36.5 Å². The van der Waals surface area contributed by atoms with Gasteiger partial charge in [-0.1, -0.05) is 18.7 Å². The minimum Gasteiger partial charge on any atom is -0.382 e. The Morgan fingerprint density at radius 2 is 2.40 bits per heavy atom. The second-order valence-electron chi connectivity index (χ2n) is 3.73. The molecule has 0 radical (unpaired) electrons. The van der Waals surface area contributed by atoms with Crippen LogP contribution in [0.2, 0.25) is 0 Å². The molecule has 15 heavy (non-hydrogen) atoms. The number of hydrogen-bond donors (Lipinski definition) is 2. The molecule has 1 heterocycles. The maximum Gasteiger partial charge on any atom is 0.178 e. The van der Waals surface area contributed by atoms with Crippen LogP contribution >= 0.6 is 0 Å². The zero-order valence-electron chi connectivity index (χ0n) is 8.09. The predicted molar refractivity (Wildman–Crippen MR) is 52.8 cm³/mol. The molecule has 3 atom stereocenters.